The lowest BCUT2D eigenvalue weighted by atomic mass is 10.1. The summed E-state index contributed by atoms with van der Waals surface area (Å²) in [5.74, 6) is -2.76. The number of para-hydroxylation sites is 1. The van der Waals surface area contributed by atoms with Gasteiger partial charge in [-0.3, -0.25) is 10.1 Å². The summed E-state index contributed by atoms with van der Waals surface area (Å²) < 4.78 is 57.5. The van der Waals surface area contributed by atoms with Crippen molar-refractivity contribution in [2.24, 2.45) is 0 Å². The lowest BCUT2D eigenvalue weighted by Crippen LogP contribution is -2.50. The zero-order chi connectivity index (χ0) is 20.1. The normalized spacial score (nSPS) is 17.0. The van der Waals surface area contributed by atoms with Crippen LogP contribution < -0.4 is 5.32 Å². The van der Waals surface area contributed by atoms with Crippen LogP contribution in [0.3, 0.4) is 0 Å². The summed E-state index contributed by atoms with van der Waals surface area (Å²) in [6.45, 7) is 1.19. The van der Waals surface area contributed by atoms with Crippen molar-refractivity contribution in [2.75, 3.05) is 20.1 Å². The van der Waals surface area contributed by atoms with E-state index in [-0.39, 0.29) is 10.9 Å². The molecule has 0 radical (unpaired) electrons. The highest BCUT2D eigenvalue weighted by Crippen LogP contribution is 2.26. The number of hydrogen-bond acceptors (Lipinski definition) is 6. The Bertz CT molecular complexity index is 765. The molecule has 1 aromatic rings. The second-order valence-electron chi connectivity index (χ2n) is 5.25. The lowest BCUT2D eigenvalue weighted by molar-refractivity contribution is -0.387. The first-order chi connectivity index (χ1) is 11.9. The monoisotopic (exact) mass is 399 g/mol. The number of hydrogen-bond donors (Lipinski definition) is 2. The molecule has 2 rings (SSSR count). The van der Waals surface area contributed by atoms with E-state index in [0.717, 1.165) is 17.3 Å². The van der Waals surface area contributed by atoms with E-state index >= 15 is 0 Å². The van der Waals surface area contributed by atoms with Gasteiger partial charge in [0.2, 0.25) is 10.0 Å². The van der Waals surface area contributed by atoms with E-state index in [0.29, 0.717) is 6.54 Å². The van der Waals surface area contributed by atoms with Crippen molar-refractivity contribution in [1.82, 2.24) is 9.62 Å². The number of rotatable bonds is 5. The van der Waals surface area contributed by atoms with Gasteiger partial charge in [-0.15, -0.1) is 0 Å². The smallest absolute Gasteiger partial charge is 0.475 e. The van der Waals surface area contributed by atoms with Gasteiger partial charge in [-0.25, -0.2) is 13.2 Å². The maximum Gasteiger partial charge on any atom is 0.490 e. The molecule has 1 aliphatic heterocycles. The van der Waals surface area contributed by atoms with Gasteiger partial charge in [0.1, 0.15) is 0 Å². The first-order valence-corrected chi connectivity index (χ1v) is 8.54. The van der Waals surface area contributed by atoms with Gasteiger partial charge in [0.25, 0.3) is 5.69 Å². The highest BCUT2D eigenvalue weighted by molar-refractivity contribution is 7.89. The van der Waals surface area contributed by atoms with E-state index in [2.05, 4.69) is 5.32 Å². The molecule has 1 unspecified atom stereocenters. The summed E-state index contributed by atoms with van der Waals surface area (Å²) in [7, 11) is -2.40. The van der Waals surface area contributed by atoms with Gasteiger partial charge in [0, 0.05) is 25.7 Å². The highest BCUT2D eigenvalue weighted by atomic mass is 32.2. The third-order valence-corrected chi connectivity index (χ3v) is 5.27. The van der Waals surface area contributed by atoms with Gasteiger partial charge in [0.05, 0.1) is 4.92 Å². The molecule has 0 saturated carbocycles. The quantitative estimate of drug-likeness (QED) is 0.562. The number of aliphatic carboxylic acids is 1. The number of carboxylic acid groups (broad SMARTS) is 1. The molecule has 26 heavy (non-hydrogen) atoms. The first kappa shape index (κ1) is 21.8. The van der Waals surface area contributed by atoms with Crippen molar-refractivity contribution < 1.29 is 36.4 Å². The van der Waals surface area contributed by atoms with Gasteiger partial charge in [-0.05, 0) is 19.0 Å². The van der Waals surface area contributed by atoms with Gasteiger partial charge >= 0.3 is 12.1 Å². The molecule has 0 amide bonds. The number of likely N-dealkylation sites (N-methyl/N-ethyl adjacent to an activating group) is 1. The number of nitro groups is 1. The fraction of sp³-hybridized carbons (Fsp3) is 0.462. The fourth-order valence-electron chi connectivity index (χ4n) is 1.91. The summed E-state index contributed by atoms with van der Waals surface area (Å²) in [4.78, 5) is 18.8. The van der Waals surface area contributed by atoms with Crippen LogP contribution in [-0.2, 0) is 14.8 Å². The van der Waals surface area contributed by atoms with Crippen molar-refractivity contribution in [3.63, 3.8) is 0 Å². The van der Waals surface area contributed by atoms with E-state index in [4.69, 9.17) is 9.90 Å². The van der Waals surface area contributed by atoms with Crippen molar-refractivity contribution in [3.05, 3.63) is 34.4 Å². The SMILES string of the molecule is CN(CC1CCN1)S(=O)(=O)c1ccccc1[N+](=O)[O-].O=C(O)C(F)(F)F. The van der Waals surface area contributed by atoms with Crippen LogP contribution >= 0.6 is 0 Å². The Kier molecular flexibility index (Phi) is 7.06. The van der Waals surface area contributed by atoms with Gasteiger partial charge in [-0.2, -0.15) is 17.5 Å². The molecule has 0 bridgehead atoms. The molecule has 2 N–H and O–H groups in total. The molecule has 146 valence electrons. The summed E-state index contributed by atoms with van der Waals surface area (Å²) in [5, 5.41) is 21.1. The second kappa shape index (κ2) is 8.42. The summed E-state index contributed by atoms with van der Waals surface area (Å²) >= 11 is 0. The minimum atomic E-state index is -5.08. The largest absolute Gasteiger partial charge is 0.490 e. The Hall–Kier alpha value is -2.25. The zero-order valence-electron chi connectivity index (χ0n) is 13.4. The molecule has 0 aliphatic carbocycles. The Balaban J connectivity index is 0.000000412. The van der Waals surface area contributed by atoms with Crippen molar-refractivity contribution in [3.8, 4) is 0 Å². The third-order valence-electron chi connectivity index (χ3n) is 3.40. The van der Waals surface area contributed by atoms with Gasteiger partial charge < -0.3 is 10.4 Å². The topological polar surface area (TPSA) is 130 Å². The van der Waals surface area contributed by atoms with Gasteiger partial charge in [-0.1, -0.05) is 12.1 Å². The van der Waals surface area contributed by atoms with Crippen LogP contribution in [0.1, 0.15) is 6.42 Å². The molecule has 1 aliphatic rings. The maximum absolute atomic E-state index is 12.3. The molecular weight excluding hydrogens is 383 g/mol. The number of benzene rings is 1. The van der Waals surface area contributed by atoms with Crippen molar-refractivity contribution in [1.29, 1.82) is 0 Å². The fourth-order valence-corrected chi connectivity index (χ4v) is 3.28. The van der Waals surface area contributed by atoms with Crippen molar-refractivity contribution >= 4 is 21.7 Å². The predicted octanol–water partition coefficient (Wildman–Crippen LogP) is 1.21. The van der Waals surface area contributed by atoms with Crippen LogP contribution in [0.25, 0.3) is 0 Å². The average molecular weight is 399 g/mol. The van der Waals surface area contributed by atoms with E-state index in [1.54, 1.807) is 0 Å². The minimum absolute atomic E-state index is 0.127. The summed E-state index contributed by atoms with van der Waals surface area (Å²) in [6.07, 6.45) is -4.17. The molecule has 1 heterocycles. The second-order valence-corrected chi connectivity index (χ2v) is 7.27. The molecule has 1 aromatic carbocycles. The number of nitrogens with one attached hydrogen (secondary N) is 1. The first-order valence-electron chi connectivity index (χ1n) is 7.10. The van der Waals surface area contributed by atoms with Crippen LogP contribution in [-0.4, -0.2) is 61.1 Å². The van der Waals surface area contributed by atoms with E-state index < -0.39 is 32.8 Å². The molecule has 0 aromatic heterocycles. The standard InChI is InChI=1S/C11H15N3O4S.C2HF3O2/c1-13(8-9-6-7-12-9)19(17,18)11-5-3-2-4-10(11)14(15)16;3-2(4,5)1(6)7/h2-5,9,12H,6-8H2,1H3;(H,6,7). The molecule has 1 saturated heterocycles. The summed E-state index contributed by atoms with van der Waals surface area (Å²) in [5.41, 5.74) is -0.393. The Morgan fingerprint density at radius 3 is 2.31 bits per heavy atom. The third kappa shape index (κ3) is 5.64. The lowest BCUT2D eigenvalue weighted by Gasteiger charge is -2.31. The average Bonchev–Trinajstić information content (AvgIpc) is 2.50. The van der Waals surface area contributed by atoms with Crippen molar-refractivity contribution in [2.45, 2.75) is 23.5 Å². The number of halogens is 3. The van der Waals surface area contributed by atoms with Crippen LogP contribution in [0.2, 0.25) is 0 Å². The highest BCUT2D eigenvalue weighted by Gasteiger charge is 2.38. The van der Waals surface area contributed by atoms with Crippen LogP contribution in [0, 0.1) is 10.1 Å². The molecule has 0 spiro atoms. The van der Waals surface area contributed by atoms with Crippen LogP contribution in [0.5, 0.6) is 0 Å². The van der Waals surface area contributed by atoms with Crippen LogP contribution in [0.4, 0.5) is 18.9 Å². The summed E-state index contributed by atoms with van der Waals surface area (Å²) in [6, 6.07) is 5.52. The van der Waals surface area contributed by atoms with E-state index in [9.17, 15) is 31.7 Å². The van der Waals surface area contributed by atoms with Gasteiger partial charge in [0.15, 0.2) is 4.90 Å². The Morgan fingerprint density at radius 1 is 1.42 bits per heavy atom. The number of nitrogens with zero attached hydrogens (tertiary/aromatic N) is 2. The van der Waals surface area contributed by atoms with Crippen LogP contribution in [0.15, 0.2) is 29.2 Å². The molecule has 1 fully saturated rings. The maximum atomic E-state index is 12.3. The molecule has 1 atom stereocenters. The minimum Gasteiger partial charge on any atom is -0.475 e. The predicted molar refractivity (Wildman–Crippen MR) is 83.0 cm³/mol. The number of sulfonamides is 1. The number of nitro benzene ring substituents is 1. The Labute approximate surface area is 146 Å². The molecular formula is C13H16F3N3O6S. The van der Waals surface area contributed by atoms with E-state index in [1.165, 1.54) is 31.3 Å². The Morgan fingerprint density at radius 2 is 1.92 bits per heavy atom. The number of carbonyl (C=O) groups is 1. The van der Waals surface area contributed by atoms with E-state index in [1.807, 2.05) is 0 Å². The zero-order valence-corrected chi connectivity index (χ0v) is 14.2. The number of alkyl halides is 3. The molecule has 9 nitrogen and oxygen atoms in total. The molecule has 13 heteroatoms. The number of carboxylic acids is 1.